The van der Waals surface area contributed by atoms with Crippen molar-refractivity contribution in [1.29, 1.82) is 0 Å². The molecular weight excluding hydrogens is 260 g/mol. The molecule has 2 nitrogen and oxygen atoms in total. The zero-order valence-corrected chi connectivity index (χ0v) is 7.92. The van der Waals surface area contributed by atoms with Crippen LogP contribution in [-0.4, -0.2) is 6.54 Å². The fraction of sp³-hybridized carbons (Fsp3) is 0.429. The number of nitroso groups, excluding NO2 is 1. The van der Waals surface area contributed by atoms with Gasteiger partial charge in [0.25, 0.3) is 0 Å². The average Bonchev–Trinajstić information content (AvgIpc) is 1.98. The number of hydrogen-bond acceptors (Lipinski definition) is 2. The number of hydrogen-bond donors (Lipinski definition) is 0. The Hall–Kier alpha value is -0.260. The van der Waals surface area contributed by atoms with Crippen molar-refractivity contribution in [2.45, 2.75) is 6.42 Å². The Bertz CT molecular complexity index is 224. The molecule has 0 amide bonds. The fourth-order valence-corrected chi connectivity index (χ4v) is 1.36. The monoisotopic (exact) mass is 267 g/mol. The highest BCUT2D eigenvalue weighted by Gasteiger charge is 2.13. The lowest BCUT2D eigenvalue weighted by atomic mass is 10.0. The van der Waals surface area contributed by atoms with Crippen molar-refractivity contribution in [2.24, 2.45) is 11.1 Å². The van der Waals surface area contributed by atoms with E-state index < -0.39 is 0 Å². The lowest BCUT2D eigenvalue weighted by molar-refractivity contribution is 0.593. The predicted octanol–water partition coefficient (Wildman–Crippen LogP) is 2.95. The van der Waals surface area contributed by atoms with E-state index in [1.165, 1.54) is 6.08 Å². The number of rotatable bonds is 2. The van der Waals surface area contributed by atoms with Crippen LogP contribution in [0.25, 0.3) is 0 Å². The minimum Gasteiger partial charge on any atom is -0.206 e. The van der Waals surface area contributed by atoms with Crippen LogP contribution in [-0.2, 0) is 0 Å². The summed E-state index contributed by atoms with van der Waals surface area (Å²) in [5.41, 5.74) is 0. The van der Waals surface area contributed by atoms with E-state index >= 15 is 0 Å². The van der Waals surface area contributed by atoms with Crippen LogP contribution in [0.5, 0.6) is 0 Å². The Morgan fingerprint density at radius 2 is 2.55 bits per heavy atom. The molecule has 1 unspecified atom stereocenters. The van der Waals surface area contributed by atoms with Gasteiger partial charge in [0.2, 0.25) is 0 Å². The summed E-state index contributed by atoms with van der Waals surface area (Å²) in [5, 5.41) is 2.73. The first-order valence-corrected chi connectivity index (χ1v) is 4.34. The topological polar surface area (TPSA) is 29.4 Å². The maximum Gasteiger partial charge on any atom is 0.132 e. The molecule has 0 spiro atoms. The molecule has 0 saturated heterocycles. The summed E-state index contributed by atoms with van der Waals surface area (Å²) in [6, 6.07) is 0. The quantitative estimate of drug-likeness (QED) is 0.558. The van der Waals surface area contributed by atoms with Crippen LogP contribution in [0.1, 0.15) is 6.42 Å². The molecule has 0 aromatic carbocycles. The SMILES string of the molecule is O=NCC1C=C(F)C(I)=CC1. The third kappa shape index (κ3) is 2.36. The summed E-state index contributed by atoms with van der Waals surface area (Å²) in [5.74, 6) is -0.267. The van der Waals surface area contributed by atoms with Gasteiger partial charge in [0.1, 0.15) is 5.83 Å². The van der Waals surface area contributed by atoms with E-state index in [4.69, 9.17) is 0 Å². The molecule has 1 rings (SSSR count). The third-order valence-corrected chi connectivity index (χ3v) is 2.47. The second-order valence-electron chi connectivity index (χ2n) is 2.37. The van der Waals surface area contributed by atoms with Crippen molar-refractivity contribution in [2.75, 3.05) is 6.54 Å². The van der Waals surface area contributed by atoms with Crippen LogP contribution >= 0.6 is 22.6 Å². The van der Waals surface area contributed by atoms with Crippen molar-refractivity contribution >= 4 is 22.6 Å². The maximum absolute atomic E-state index is 12.8. The van der Waals surface area contributed by atoms with E-state index in [0.717, 1.165) is 6.42 Å². The zero-order chi connectivity index (χ0) is 8.27. The molecule has 0 radical (unpaired) electrons. The molecule has 0 bridgehead atoms. The summed E-state index contributed by atoms with van der Waals surface area (Å²) < 4.78 is 13.4. The molecule has 1 aliphatic carbocycles. The van der Waals surface area contributed by atoms with E-state index in [9.17, 15) is 9.30 Å². The van der Waals surface area contributed by atoms with Crippen LogP contribution in [0, 0.1) is 10.8 Å². The first kappa shape index (κ1) is 8.83. The molecule has 0 fully saturated rings. The van der Waals surface area contributed by atoms with Gasteiger partial charge in [-0.05, 0) is 35.1 Å². The largest absolute Gasteiger partial charge is 0.206 e. The zero-order valence-electron chi connectivity index (χ0n) is 5.76. The van der Waals surface area contributed by atoms with Gasteiger partial charge < -0.3 is 0 Å². The predicted molar refractivity (Wildman–Crippen MR) is 50.1 cm³/mol. The molecule has 0 aliphatic heterocycles. The van der Waals surface area contributed by atoms with Crippen LogP contribution < -0.4 is 0 Å². The van der Waals surface area contributed by atoms with Gasteiger partial charge in [-0.2, -0.15) is 4.91 Å². The minimum absolute atomic E-state index is 0.0361. The van der Waals surface area contributed by atoms with E-state index in [2.05, 4.69) is 5.18 Å². The van der Waals surface area contributed by atoms with Gasteiger partial charge in [0.15, 0.2) is 0 Å². The second kappa shape index (κ2) is 3.94. The van der Waals surface area contributed by atoms with Gasteiger partial charge >= 0.3 is 0 Å². The number of allylic oxidation sites excluding steroid dienone is 3. The molecule has 0 saturated carbocycles. The van der Waals surface area contributed by atoms with Crippen molar-refractivity contribution in [3.8, 4) is 0 Å². The molecule has 4 heteroatoms. The summed E-state index contributed by atoms with van der Waals surface area (Å²) in [4.78, 5) is 9.84. The van der Waals surface area contributed by atoms with Gasteiger partial charge in [0, 0.05) is 9.50 Å². The molecule has 0 heterocycles. The van der Waals surface area contributed by atoms with Crippen LogP contribution in [0.15, 0.2) is 26.7 Å². The van der Waals surface area contributed by atoms with Gasteiger partial charge in [-0.1, -0.05) is 11.3 Å². The van der Waals surface area contributed by atoms with Crippen LogP contribution in [0.4, 0.5) is 4.39 Å². The van der Waals surface area contributed by atoms with Gasteiger partial charge in [-0.3, -0.25) is 0 Å². The first-order valence-electron chi connectivity index (χ1n) is 3.26. The fourth-order valence-electron chi connectivity index (χ4n) is 0.930. The first-order chi connectivity index (χ1) is 5.24. The van der Waals surface area contributed by atoms with Crippen LogP contribution in [0.2, 0.25) is 0 Å². The molecule has 1 aliphatic rings. The third-order valence-electron chi connectivity index (χ3n) is 1.52. The highest BCUT2D eigenvalue weighted by Crippen LogP contribution is 2.28. The lowest BCUT2D eigenvalue weighted by Crippen LogP contribution is -2.03. The molecule has 11 heavy (non-hydrogen) atoms. The maximum atomic E-state index is 12.8. The highest BCUT2D eigenvalue weighted by molar-refractivity contribution is 14.1. The average molecular weight is 267 g/mol. The molecule has 60 valence electrons. The summed E-state index contributed by atoms with van der Waals surface area (Å²) >= 11 is 1.93. The minimum atomic E-state index is -0.231. The van der Waals surface area contributed by atoms with Gasteiger partial charge in [-0.15, -0.1) is 0 Å². The van der Waals surface area contributed by atoms with Crippen molar-refractivity contribution < 1.29 is 4.39 Å². The Labute approximate surface area is 77.7 Å². The molecular formula is C7H7FINO. The smallest absolute Gasteiger partial charge is 0.132 e. The van der Waals surface area contributed by atoms with Gasteiger partial charge in [-0.25, -0.2) is 4.39 Å². The number of nitrogens with zero attached hydrogens (tertiary/aromatic N) is 1. The van der Waals surface area contributed by atoms with E-state index in [1.54, 1.807) is 6.08 Å². The van der Waals surface area contributed by atoms with Gasteiger partial charge in [0.05, 0.1) is 6.54 Å². The normalized spacial score (nSPS) is 24.0. The molecule has 0 aromatic rings. The Kier molecular flexibility index (Phi) is 3.16. The summed E-state index contributed by atoms with van der Waals surface area (Å²) in [7, 11) is 0. The number of halogens is 2. The highest BCUT2D eigenvalue weighted by atomic mass is 127. The van der Waals surface area contributed by atoms with E-state index in [1.807, 2.05) is 22.6 Å². The Balaban J connectivity index is 2.61. The van der Waals surface area contributed by atoms with Crippen LogP contribution in [0.3, 0.4) is 0 Å². The second-order valence-corrected chi connectivity index (χ2v) is 3.54. The molecule has 0 aromatic heterocycles. The van der Waals surface area contributed by atoms with E-state index in [-0.39, 0.29) is 18.3 Å². The molecule has 1 atom stereocenters. The standard InChI is InChI=1S/C7H7FINO/c8-6-3-5(4-10-11)1-2-7(6)9/h2-3,5H,1,4H2. The van der Waals surface area contributed by atoms with Crippen molar-refractivity contribution in [1.82, 2.24) is 0 Å². The van der Waals surface area contributed by atoms with Crippen molar-refractivity contribution in [3.63, 3.8) is 0 Å². The van der Waals surface area contributed by atoms with E-state index in [0.29, 0.717) is 3.58 Å². The van der Waals surface area contributed by atoms with Crippen molar-refractivity contribution in [3.05, 3.63) is 26.5 Å². The summed E-state index contributed by atoms with van der Waals surface area (Å²) in [6.07, 6.45) is 3.96. The molecule has 0 N–H and O–H groups in total. The Morgan fingerprint density at radius 3 is 3.09 bits per heavy atom. The lowest BCUT2D eigenvalue weighted by Gasteiger charge is -2.10. The Morgan fingerprint density at radius 1 is 1.82 bits per heavy atom. The summed E-state index contributed by atoms with van der Waals surface area (Å²) in [6.45, 7) is 0.174.